The highest BCUT2D eigenvalue weighted by molar-refractivity contribution is 5.34. The van der Waals surface area contributed by atoms with Gasteiger partial charge in [-0.1, -0.05) is 6.42 Å². The van der Waals surface area contributed by atoms with Crippen molar-refractivity contribution in [2.24, 2.45) is 11.8 Å². The number of hydrazine groups is 1. The van der Waals surface area contributed by atoms with Gasteiger partial charge in [-0.05, 0) is 45.1 Å². The van der Waals surface area contributed by atoms with Crippen LogP contribution in [-0.4, -0.2) is 0 Å². The number of nitrogens with one attached hydrogen (secondary N) is 1. The number of hydrogen-bond acceptors (Lipinski definition) is 3. The summed E-state index contributed by atoms with van der Waals surface area (Å²) in [5.41, 5.74) is 5.48. The summed E-state index contributed by atoms with van der Waals surface area (Å²) in [4.78, 5) is 0. The Morgan fingerprint density at radius 3 is 2.27 bits per heavy atom. The van der Waals surface area contributed by atoms with Gasteiger partial charge in [0.15, 0.2) is 0 Å². The van der Waals surface area contributed by atoms with Crippen molar-refractivity contribution in [1.29, 1.82) is 0 Å². The summed E-state index contributed by atoms with van der Waals surface area (Å²) in [7, 11) is 0. The van der Waals surface area contributed by atoms with Crippen molar-refractivity contribution in [1.82, 2.24) is 5.43 Å². The molecule has 0 amide bonds. The summed E-state index contributed by atoms with van der Waals surface area (Å²) in [6, 6.07) is 0.274. The zero-order valence-corrected chi connectivity index (χ0v) is 9.76. The van der Waals surface area contributed by atoms with Crippen LogP contribution in [0.4, 0.5) is 0 Å². The van der Waals surface area contributed by atoms with Gasteiger partial charge in [0, 0.05) is 5.56 Å². The van der Waals surface area contributed by atoms with Gasteiger partial charge in [0.25, 0.3) is 0 Å². The van der Waals surface area contributed by atoms with Gasteiger partial charge in [0.2, 0.25) is 0 Å². The Kier molecular flexibility index (Phi) is 2.85. The smallest absolute Gasteiger partial charge is 0.106 e. The number of aryl methyl sites for hydroxylation is 2. The Morgan fingerprint density at radius 1 is 1.27 bits per heavy atom. The minimum absolute atomic E-state index is 0.274. The maximum atomic E-state index is 5.67. The van der Waals surface area contributed by atoms with Crippen LogP contribution in [0.25, 0.3) is 0 Å². The summed E-state index contributed by atoms with van der Waals surface area (Å²) < 4.78 is 5.65. The van der Waals surface area contributed by atoms with E-state index >= 15 is 0 Å². The maximum absolute atomic E-state index is 5.67. The van der Waals surface area contributed by atoms with Crippen molar-refractivity contribution in [3.8, 4) is 0 Å². The molecule has 1 fully saturated rings. The van der Waals surface area contributed by atoms with Crippen LogP contribution in [0.1, 0.15) is 48.0 Å². The third-order valence-corrected chi connectivity index (χ3v) is 3.73. The van der Waals surface area contributed by atoms with E-state index in [1.54, 1.807) is 0 Å². The molecule has 1 unspecified atom stereocenters. The lowest BCUT2D eigenvalue weighted by atomic mass is 9.76. The molecule has 3 nitrogen and oxygen atoms in total. The maximum Gasteiger partial charge on any atom is 0.106 e. The van der Waals surface area contributed by atoms with Crippen LogP contribution in [0.2, 0.25) is 0 Å². The number of furan rings is 1. The molecule has 0 aromatic carbocycles. The molecule has 0 saturated heterocycles. The fourth-order valence-electron chi connectivity index (χ4n) is 2.50. The first-order valence-electron chi connectivity index (χ1n) is 5.67. The van der Waals surface area contributed by atoms with Crippen molar-refractivity contribution >= 4 is 0 Å². The van der Waals surface area contributed by atoms with Crippen molar-refractivity contribution in [2.75, 3.05) is 0 Å². The van der Waals surface area contributed by atoms with Gasteiger partial charge in [-0.15, -0.1) is 0 Å². The van der Waals surface area contributed by atoms with Crippen LogP contribution in [0.3, 0.4) is 0 Å². The standard InChI is InChI=1S/C12H20N2O/c1-7-8(2)15-9(3)11(7)12(14-13)10-5-4-6-10/h10,12,14H,4-6,13H2,1-3H3. The number of nitrogens with two attached hydrogens (primary N) is 1. The normalized spacial score (nSPS) is 18.9. The largest absolute Gasteiger partial charge is 0.466 e. The van der Waals surface area contributed by atoms with Gasteiger partial charge in [-0.2, -0.15) is 0 Å². The Labute approximate surface area is 91.0 Å². The Hall–Kier alpha value is -0.800. The van der Waals surface area contributed by atoms with E-state index in [0.717, 1.165) is 11.5 Å². The van der Waals surface area contributed by atoms with Gasteiger partial charge >= 0.3 is 0 Å². The van der Waals surface area contributed by atoms with E-state index in [9.17, 15) is 0 Å². The van der Waals surface area contributed by atoms with E-state index in [-0.39, 0.29) is 6.04 Å². The predicted octanol–water partition coefficient (Wildman–Crippen LogP) is 2.51. The van der Waals surface area contributed by atoms with Crippen LogP contribution in [-0.2, 0) is 0 Å². The average molecular weight is 208 g/mol. The van der Waals surface area contributed by atoms with E-state index < -0.39 is 0 Å². The fraction of sp³-hybridized carbons (Fsp3) is 0.667. The molecule has 3 heteroatoms. The molecule has 1 aromatic heterocycles. The molecule has 1 aliphatic rings. The van der Waals surface area contributed by atoms with Crippen LogP contribution in [0, 0.1) is 26.7 Å². The van der Waals surface area contributed by atoms with Gasteiger partial charge in [0.05, 0.1) is 6.04 Å². The van der Waals surface area contributed by atoms with E-state index in [4.69, 9.17) is 10.3 Å². The van der Waals surface area contributed by atoms with Gasteiger partial charge in [0.1, 0.15) is 11.5 Å². The highest BCUT2D eigenvalue weighted by Gasteiger charge is 2.31. The number of rotatable bonds is 3. The van der Waals surface area contributed by atoms with E-state index in [2.05, 4.69) is 12.3 Å². The highest BCUT2D eigenvalue weighted by Crippen LogP contribution is 2.40. The lowest BCUT2D eigenvalue weighted by molar-refractivity contribution is 0.230. The lowest BCUT2D eigenvalue weighted by Crippen LogP contribution is -2.37. The zero-order valence-electron chi connectivity index (χ0n) is 9.76. The fourth-order valence-corrected chi connectivity index (χ4v) is 2.50. The molecule has 1 heterocycles. The molecule has 1 saturated carbocycles. The molecule has 1 atom stereocenters. The molecule has 3 N–H and O–H groups in total. The second-order valence-corrected chi connectivity index (χ2v) is 4.59. The second-order valence-electron chi connectivity index (χ2n) is 4.59. The topological polar surface area (TPSA) is 51.2 Å². The molecule has 1 aromatic rings. The van der Waals surface area contributed by atoms with Crippen molar-refractivity contribution in [2.45, 2.75) is 46.1 Å². The van der Waals surface area contributed by atoms with Crippen molar-refractivity contribution in [3.63, 3.8) is 0 Å². The average Bonchev–Trinajstić information content (AvgIpc) is 2.35. The van der Waals surface area contributed by atoms with Crippen LogP contribution in [0.5, 0.6) is 0 Å². The number of hydrogen-bond donors (Lipinski definition) is 2. The quantitative estimate of drug-likeness (QED) is 0.592. The molecule has 0 bridgehead atoms. The second kappa shape index (κ2) is 3.99. The van der Waals surface area contributed by atoms with E-state index in [0.29, 0.717) is 5.92 Å². The molecule has 0 aliphatic heterocycles. The van der Waals surface area contributed by atoms with E-state index in [1.165, 1.54) is 30.4 Å². The molecular formula is C12H20N2O. The summed E-state index contributed by atoms with van der Waals surface area (Å²) in [5, 5.41) is 0. The van der Waals surface area contributed by atoms with E-state index in [1.807, 2.05) is 13.8 Å². The lowest BCUT2D eigenvalue weighted by Gasteiger charge is -2.33. The van der Waals surface area contributed by atoms with Crippen LogP contribution in [0.15, 0.2) is 4.42 Å². The highest BCUT2D eigenvalue weighted by atomic mass is 16.3. The molecular weight excluding hydrogens is 188 g/mol. The van der Waals surface area contributed by atoms with Gasteiger partial charge in [-0.25, -0.2) is 0 Å². The predicted molar refractivity (Wildman–Crippen MR) is 60.3 cm³/mol. The van der Waals surface area contributed by atoms with Crippen LogP contribution < -0.4 is 11.3 Å². The van der Waals surface area contributed by atoms with Crippen molar-refractivity contribution < 1.29 is 4.42 Å². The molecule has 2 rings (SSSR count). The summed E-state index contributed by atoms with van der Waals surface area (Å²) in [5.74, 6) is 8.38. The third kappa shape index (κ3) is 1.70. The Bertz CT molecular complexity index is 353. The molecule has 1 aliphatic carbocycles. The van der Waals surface area contributed by atoms with Gasteiger partial charge in [-0.3, -0.25) is 11.3 Å². The Balaban J connectivity index is 2.32. The molecule has 84 valence electrons. The first-order valence-corrected chi connectivity index (χ1v) is 5.67. The van der Waals surface area contributed by atoms with Gasteiger partial charge < -0.3 is 4.42 Å². The molecule has 15 heavy (non-hydrogen) atoms. The van der Waals surface area contributed by atoms with Crippen LogP contribution >= 0.6 is 0 Å². The molecule has 0 spiro atoms. The zero-order chi connectivity index (χ0) is 11.0. The Morgan fingerprint density at radius 2 is 1.93 bits per heavy atom. The third-order valence-electron chi connectivity index (χ3n) is 3.73. The minimum Gasteiger partial charge on any atom is -0.466 e. The minimum atomic E-state index is 0.274. The first-order chi connectivity index (χ1) is 7.15. The monoisotopic (exact) mass is 208 g/mol. The van der Waals surface area contributed by atoms with Crippen molar-refractivity contribution in [3.05, 3.63) is 22.6 Å². The first kappa shape index (κ1) is 10.7. The summed E-state index contributed by atoms with van der Waals surface area (Å²) >= 11 is 0. The summed E-state index contributed by atoms with van der Waals surface area (Å²) in [6.07, 6.45) is 3.88. The molecule has 0 radical (unpaired) electrons. The summed E-state index contributed by atoms with van der Waals surface area (Å²) in [6.45, 7) is 6.16. The SMILES string of the molecule is Cc1oc(C)c(C(NN)C2CCC2)c1C.